The van der Waals surface area contributed by atoms with Gasteiger partial charge in [-0.2, -0.15) is 0 Å². The topological polar surface area (TPSA) is 56.5 Å². The molecule has 0 saturated carbocycles. The lowest BCUT2D eigenvalue weighted by atomic mass is 9.92. The van der Waals surface area contributed by atoms with E-state index in [2.05, 4.69) is 148 Å². The minimum atomic E-state index is 0.830. The van der Waals surface area contributed by atoms with Crippen molar-refractivity contribution in [3.8, 4) is 61.7 Å². The molecule has 0 amide bonds. The van der Waals surface area contributed by atoms with Crippen LogP contribution in [0.4, 0.5) is 0 Å². The third-order valence-corrected chi connectivity index (χ3v) is 9.03. The fourth-order valence-electron chi connectivity index (χ4n) is 6.64. The molecule has 0 aliphatic rings. The summed E-state index contributed by atoms with van der Waals surface area (Å²) in [4.78, 5) is 18.8. The van der Waals surface area contributed by atoms with Gasteiger partial charge in [-0.1, -0.05) is 78.9 Å². The lowest BCUT2D eigenvalue weighted by molar-refractivity contribution is 1.07. The van der Waals surface area contributed by atoms with Crippen LogP contribution >= 0.6 is 0 Å². The number of nitrogens with zero attached hydrogens (tertiary/aromatic N) is 5. The summed E-state index contributed by atoms with van der Waals surface area (Å²) in [7, 11) is 0. The second-order valence-corrected chi connectivity index (χ2v) is 12.0. The van der Waals surface area contributed by atoms with Gasteiger partial charge in [0.05, 0.1) is 28.6 Å². The summed E-state index contributed by atoms with van der Waals surface area (Å²) in [6.07, 6.45) is 9.29. The third-order valence-electron chi connectivity index (χ3n) is 9.03. The Hall–Kier alpha value is -6.72. The monoisotopic (exact) mass is 627 g/mol. The van der Waals surface area contributed by atoms with Crippen LogP contribution in [0.5, 0.6) is 0 Å². The Morgan fingerprint density at radius 3 is 1.61 bits per heavy atom. The molecular weight excluding hydrogens is 599 g/mol. The Kier molecular flexibility index (Phi) is 7.06. The first kappa shape index (κ1) is 28.5. The number of rotatable bonds is 6. The molecule has 230 valence electrons. The van der Waals surface area contributed by atoms with Crippen molar-refractivity contribution in [2.24, 2.45) is 0 Å². The molecule has 49 heavy (non-hydrogen) atoms. The highest BCUT2D eigenvalue weighted by Crippen LogP contribution is 2.36. The molecule has 0 spiro atoms. The Balaban J connectivity index is 1.20. The van der Waals surface area contributed by atoms with Crippen LogP contribution in [0.1, 0.15) is 0 Å². The van der Waals surface area contributed by atoms with Crippen LogP contribution < -0.4 is 0 Å². The highest BCUT2D eigenvalue weighted by molar-refractivity contribution is 6.08. The molecule has 0 bridgehead atoms. The van der Waals surface area contributed by atoms with E-state index < -0.39 is 0 Å². The summed E-state index contributed by atoms with van der Waals surface area (Å²) >= 11 is 0. The first-order valence-corrected chi connectivity index (χ1v) is 16.3. The molecule has 0 atom stereocenters. The number of para-hydroxylation sites is 1. The second-order valence-electron chi connectivity index (χ2n) is 12.0. The van der Waals surface area contributed by atoms with Gasteiger partial charge in [-0.05, 0) is 100 Å². The first-order chi connectivity index (χ1) is 24.3. The number of fused-ring (bicyclic) bond motifs is 3. The molecule has 4 aromatic carbocycles. The Bertz CT molecular complexity index is 2470. The van der Waals surface area contributed by atoms with Crippen LogP contribution in [0, 0.1) is 0 Å². The minimum Gasteiger partial charge on any atom is -0.292 e. The van der Waals surface area contributed by atoms with E-state index in [-0.39, 0.29) is 0 Å². The quantitative estimate of drug-likeness (QED) is 0.184. The van der Waals surface area contributed by atoms with E-state index in [0.717, 1.165) is 67.0 Å². The highest BCUT2D eigenvalue weighted by Gasteiger charge is 2.15. The normalized spacial score (nSPS) is 11.3. The van der Waals surface area contributed by atoms with E-state index in [1.54, 1.807) is 0 Å². The van der Waals surface area contributed by atoms with Crippen molar-refractivity contribution in [3.63, 3.8) is 0 Å². The first-order valence-electron chi connectivity index (χ1n) is 16.3. The summed E-state index contributed by atoms with van der Waals surface area (Å²) in [5, 5.41) is 2.33. The molecule has 5 heterocycles. The molecule has 0 radical (unpaired) electrons. The largest absolute Gasteiger partial charge is 0.292 e. The predicted molar refractivity (Wildman–Crippen MR) is 199 cm³/mol. The van der Waals surface area contributed by atoms with Crippen LogP contribution in [0.25, 0.3) is 83.5 Å². The van der Waals surface area contributed by atoms with Crippen molar-refractivity contribution in [1.29, 1.82) is 0 Å². The van der Waals surface area contributed by atoms with Gasteiger partial charge in [-0.15, -0.1) is 0 Å². The highest BCUT2D eigenvalue weighted by atomic mass is 15.1. The number of benzene rings is 4. The Morgan fingerprint density at radius 2 is 0.939 bits per heavy atom. The van der Waals surface area contributed by atoms with E-state index in [1.807, 2.05) is 43.1 Å². The van der Waals surface area contributed by atoms with Gasteiger partial charge < -0.3 is 0 Å². The number of hydrogen-bond donors (Lipinski definition) is 0. The Labute approximate surface area is 283 Å². The summed E-state index contributed by atoms with van der Waals surface area (Å²) in [5.41, 5.74) is 12.6. The van der Waals surface area contributed by atoms with Crippen molar-refractivity contribution in [2.75, 3.05) is 0 Å². The van der Waals surface area contributed by atoms with Crippen LogP contribution in [0.2, 0.25) is 0 Å². The molecule has 0 fully saturated rings. The average molecular weight is 628 g/mol. The van der Waals surface area contributed by atoms with Crippen molar-refractivity contribution in [1.82, 2.24) is 24.5 Å². The van der Waals surface area contributed by atoms with Crippen LogP contribution in [0.3, 0.4) is 0 Å². The van der Waals surface area contributed by atoms with Crippen LogP contribution in [-0.4, -0.2) is 24.5 Å². The van der Waals surface area contributed by atoms with E-state index in [0.29, 0.717) is 0 Å². The lowest BCUT2D eigenvalue weighted by Gasteiger charge is -2.14. The smallest absolute Gasteiger partial charge is 0.137 e. The summed E-state index contributed by atoms with van der Waals surface area (Å²) in [6.45, 7) is 0. The molecule has 0 unspecified atom stereocenters. The van der Waals surface area contributed by atoms with Gasteiger partial charge in [0.2, 0.25) is 0 Å². The SMILES string of the molecule is c1ccc(-c2cc(-c3ccccc3)cc(-c3cc(-c4ccncc4)nc(-c4ccc(-n5c6ccccc6c6ccncc65)nc4)c3)c2)cc1. The zero-order chi connectivity index (χ0) is 32.6. The zero-order valence-corrected chi connectivity index (χ0v) is 26.5. The van der Waals surface area contributed by atoms with Crippen LogP contribution in [0.15, 0.2) is 177 Å². The van der Waals surface area contributed by atoms with E-state index in [4.69, 9.17) is 9.97 Å². The van der Waals surface area contributed by atoms with Gasteiger partial charge in [-0.25, -0.2) is 9.97 Å². The van der Waals surface area contributed by atoms with Crippen molar-refractivity contribution in [3.05, 3.63) is 177 Å². The minimum absolute atomic E-state index is 0.830. The van der Waals surface area contributed by atoms with Gasteiger partial charge in [0.15, 0.2) is 0 Å². The predicted octanol–water partition coefficient (Wildman–Crippen LogP) is 10.7. The molecule has 9 rings (SSSR count). The summed E-state index contributed by atoms with van der Waals surface area (Å²) < 4.78 is 2.17. The van der Waals surface area contributed by atoms with Crippen molar-refractivity contribution < 1.29 is 0 Å². The third kappa shape index (κ3) is 5.33. The molecular formula is C44H29N5. The van der Waals surface area contributed by atoms with Gasteiger partial charge in [-0.3, -0.25) is 14.5 Å². The number of hydrogen-bond acceptors (Lipinski definition) is 4. The van der Waals surface area contributed by atoms with Crippen LogP contribution in [-0.2, 0) is 0 Å². The maximum Gasteiger partial charge on any atom is 0.137 e. The molecule has 5 nitrogen and oxygen atoms in total. The van der Waals surface area contributed by atoms with Crippen molar-refractivity contribution >= 4 is 21.8 Å². The number of pyridine rings is 4. The lowest BCUT2D eigenvalue weighted by Crippen LogP contribution is -1.98. The molecule has 5 heteroatoms. The maximum atomic E-state index is 5.17. The van der Waals surface area contributed by atoms with Crippen molar-refractivity contribution in [2.45, 2.75) is 0 Å². The zero-order valence-electron chi connectivity index (χ0n) is 26.5. The second kappa shape index (κ2) is 12.1. The molecule has 0 saturated heterocycles. The molecule has 5 aromatic heterocycles. The fourth-order valence-corrected chi connectivity index (χ4v) is 6.64. The van der Waals surface area contributed by atoms with Gasteiger partial charge in [0.25, 0.3) is 0 Å². The van der Waals surface area contributed by atoms with Gasteiger partial charge >= 0.3 is 0 Å². The number of aromatic nitrogens is 5. The standard InChI is InChI=1S/C44H29N5/c1-3-9-30(10-4-1)34-23-35(31-11-5-2-6-12-31)25-36(24-34)37-26-40(32-17-20-45-21-18-32)48-41(27-37)33-15-16-44(47-28-33)49-42-14-8-7-13-38(42)39-19-22-46-29-43(39)49/h1-29H. The maximum absolute atomic E-state index is 5.17. The average Bonchev–Trinajstić information content (AvgIpc) is 3.53. The summed E-state index contributed by atoms with van der Waals surface area (Å²) in [6, 6.07) is 50.9. The van der Waals surface area contributed by atoms with Gasteiger partial charge in [0, 0.05) is 46.7 Å². The van der Waals surface area contributed by atoms with E-state index >= 15 is 0 Å². The molecule has 0 aliphatic heterocycles. The molecule has 9 aromatic rings. The summed E-state index contributed by atoms with van der Waals surface area (Å²) in [5.74, 6) is 0.830. The molecule has 0 N–H and O–H groups in total. The van der Waals surface area contributed by atoms with Gasteiger partial charge in [0.1, 0.15) is 5.82 Å². The molecule has 0 aliphatic carbocycles. The fraction of sp³-hybridized carbons (Fsp3) is 0. The van der Waals surface area contributed by atoms with E-state index in [1.165, 1.54) is 16.5 Å². The van der Waals surface area contributed by atoms with E-state index in [9.17, 15) is 0 Å². The Morgan fingerprint density at radius 1 is 0.367 bits per heavy atom.